The van der Waals surface area contributed by atoms with E-state index in [1.807, 2.05) is 11.1 Å². The van der Waals surface area contributed by atoms with Crippen molar-refractivity contribution in [3.63, 3.8) is 0 Å². The fraction of sp³-hybridized carbons (Fsp3) is 0.567. The topological polar surface area (TPSA) is 82.5 Å². The second kappa shape index (κ2) is 10.8. The van der Waals surface area contributed by atoms with Gasteiger partial charge in [-0.25, -0.2) is 0 Å². The number of ether oxygens (including phenoxy) is 1. The molecule has 1 spiro atoms. The van der Waals surface area contributed by atoms with Crippen LogP contribution in [0, 0.1) is 13.8 Å². The molecule has 0 bridgehead atoms. The van der Waals surface area contributed by atoms with Crippen LogP contribution in [0.15, 0.2) is 24.9 Å². The Hall–Kier alpha value is -2.88. The molecule has 10 heteroatoms. The van der Waals surface area contributed by atoms with Gasteiger partial charge in [-0.2, -0.15) is 10.2 Å². The Morgan fingerprint density at radius 2 is 2.00 bits per heavy atom. The third-order valence-corrected chi connectivity index (χ3v) is 9.91. The van der Waals surface area contributed by atoms with Crippen LogP contribution in [0.5, 0.6) is 0 Å². The number of hydrogen-bond acceptors (Lipinski definition) is 6. The van der Waals surface area contributed by atoms with Gasteiger partial charge in [0.25, 0.3) is 0 Å². The molecule has 3 aromatic rings. The maximum absolute atomic E-state index is 12.2. The van der Waals surface area contributed by atoms with Crippen molar-refractivity contribution in [1.82, 2.24) is 29.8 Å². The molecule has 0 radical (unpaired) electrons. The summed E-state index contributed by atoms with van der Waals surface area (Å²) in [4.78, 5) is 19.3. The number of likely N-dealkylation sites (tertiary alicyclic amines) is 1. The van der Waals surface area contributed by atoms with Gasteiger partial charge >= 0.3 is 0 Å². The summed E-state index contributed by atoms with van der Waals surface area (Å²) in [7, 11) is 1.77. The lowest BCUT2D eigenvalue weighted by molar-refractivity contribution is -0.127. The van der Waals surface area contributed by atoms with Crippen LogP contribution in [0.4, 0.5) is 5.82 Å². The maximum Gasteiger partial charge on any atom is 0.245 e. The lowest BCUT2D eigenvalue weighted by Gasteiger charge is -2.56. The number of hydrogen-bond donors (Lipinski definition) is 1. The van der Waals surface area contributed by atoms with E-state index in [9.17, 15) is 4.79 Å². The van der Waals surface area contributed by atoms with Gasteiger partial charge in [0.1, 0.15) is 0 Å². The minimum Gasteiger partial charge on any atom is -0.383 e. The highest BCUT2D eigenvalue weighted by Crippen LogP contribution is 2.49. The third kappa shape index (κ3) is 4.52. The number of amides is 1. The highest BCUT2D eigenvalue weighted by molar-refractivity contribution is 6.36. The van der Waals surface area contributed by atoms with E-state index in [1.54, 1.807) is 7.11 Å². The summed E-state index contributed by atoms with van der Waals surface area (Å²) in [5.41, 5.74) is 5.31. The van der Waals surface area contributed by atoms with Crippen LogP contribution >= 0.6 is 11.6 Å². The monoisotopic (exact) mass is 565 g/mol. The van der Waals surface area contributed by atoms with Crippen molar-refractivity contribution >= 4 is 34.2 Å². The molecule has 2 saturated heterocycles. The highest BCUT2D eigenvalue weighted by atomic mass is 35.5. The van der Waals surface area contributed by atoms with Crippen LogP contribution in [0.25, 0.3) is 22.0 Å². The highest BCUT2D eigenvalue weighted by Gasteiger charge is 2.48. The smallest absolute Gasteiger partial charge is 0.245 e. The van der Waals surface area contributed by atoms with Crippen LogP contribution in [0.3, 0.4) is 0 Å². The zero-order valence-corrected chi connectivity index (χ0v) is 24.6. The molecule has 1 amide bonds. The van der Waals surface area contributed by atoms with Gasteiger partial charge < -0.3 is 14.5 Å². The number of fused-ring (bicyclic) bond motifs is 1. The summed E-state index contributed by atoms with van der Waals surface area (Å²) in [6.07, 6.45) is 8.57. The van der Waals surface area contributed by atoms with E-state index in [1.165, 1.54) is 12.5 Å². The average Bonchev–Trinajstić information content (AvgIpc) is 3.55. The van der Waals surface area contributed by atoms with Crippen LogP contribution in [0.1, 0.15) is 49.4 Å². The number of rotatable bonds is 7. The molecule has 9 nitrogen and oxygen atoms in total. The predicted molar refractivity (Wildman–Crippen MR) is 159 cm³/mol. The molecule has 1 aliphatic carbocycles. The molecule has 2 aliphatic heterocycles. The number of aryl methyl sites for hydroxylation is 1. The van der Waals surface area contributed by atoms with Crippen molar-refractivity contribution in [2.24, 2.45) is 0 Å². The summed E-state index contributed by atoms with van der Waals surface area (Å²) >= 11 is 7.14. The molecule has 3 aliphatic rings. The summed E-state index contributed by atoms with van der Waals surface area (Å²) < 4.78 is 7.63. The van der Waals surface area contributed by atoms with Crippen molar-refractivity contribution in [3.05, 3.63) is 41.2 Å². The Morgan fingerprint density at radius 3 is 2.67 bits per heavy atom. The van der Waals surface area contributed by atoms with Crippen molar-refractivity contribution < 1.29 is 9.53 Å². The van der Waals surface area contributed by atoms with Crippen LogP contribution in [-0.4, -0.2) is 94.2 Å². The Balaban J connectivity index is 1.45. The first-order valence-electron chi connectivity index (χ1n) is 14.5. The van der Waals surface area contributed by atoms with Crippen molar-refractivity contribution in [3.8, 4) is 11.1 Å². The minimum absolute atomic E-state index is 0.00387. The zero-order valence-electron chi connectivity index (χ0n) is 23.9. The molecule has 1 N–H and O–H groups in total. The molecule has 1 saturated carbocycles. The normalized spacial score (nSPS) is 19.9. The van der Waals surface area contributed by atoms with E-state index < -0.39 is 0 Å². The summed E-state index contributed by atoms with van der Waals surface area (Å²) in [6, 6.07) is 2.28. The minimum atomic E-state index is 0.00387. The number of piperazine rings is 1. The Labute approximate surface area is 241 Å². The van der Waals surface area contributed by atoms with E-state index in [0.717, 1.165) is 103 Å². The quantitative estimate of drug-likeness (QED) is 0.417. The standard InChI is InChI=1S/C30H40ClN7O2/c1-5-25(39)36-11-7-22(8-12-36)38-21(3)26(27-23-18-32-33-24(23)17-20(2)28(27)31)29(34-38)37-14-13-35(15-16-40-4)19-30(37)9-6-10-30/h5,17-18,22H,1,6-16,19H2,2-4H3,(H,32,33). The number of nitrogens with one attached hydrogen (secondary N) is 1. The van der Waals surface area contributed by atoms with Crippen LogP contribution in [0.2, 0.25) is 5.02 Å². The number of piperidine rings is 1. The second-order valence-corrected chi connectivity index (χ2v) is 12.1. The molecular formula is C30H40ClN7O2. The van der Waals surface area contributed by atoms with Crippen molar-refractivity contribution in [2.75, 3.05) is 57.9 Å². The zero-order chi connectivity index (χ0) is 28.0. The second-order valence-electron chi connectivity index (χ2n) is 11.7. The van der Waals surface area contributed by atoms with Gasteiger partial charge in [0.15, 0.2) is 5.82 Å². The average molecular weight is 566 g/mol. The van der Waals surface area contributed by atoms with E-state index >= 15 is 0 Å². The fourth-order valence-corrected chi connectivity index (χ4v) is 7.31. The molecule has 0 atom stereocenters. The molecule has 40 heavy (non-hydrogen) atoms. The van der Waals surface area contributed by atoms with E-state index in [0.29, 0.717) is 13.1 Å². The summed E-state index contributed by atoms with van der Waals surface area (Å²) in [5.74, 6) is 1.03. The lowest BCUT2D eigenvalue weighted by atomic mass is 9.73. The third-order valence-electron chi connectivity index (χ3n) is 9.42. The predicted octanol–water partition coefficient (Wildman–Crippen LogP) is 4.74. The van der Waals surface area contributed by atoms with Gasteiger partial charge in [0.2, 0.25) is 5.91 Å². The van der Waals surface area contributed by atoms with Gasteiger partial charge in [0.05, 0.1) is 34.9 Å². The Bertz CT molecular complexity index is 1420. The molecular weight excluding hydrogens is 526 g/mol. The number of carbonyl (C=O) groups is 1. The van der Waals surface area contributed by atoms with Gasteiger partial charge in [-0.1, -0.05) is 18.2 Å². The van der Waals surface area contributed by atoms with Gasteiger partial charge in [0, 0.05) is 68.6 Å². The number of halogens is 1. The van der Waals surface area contributed by atoms with Gasteiger partial charge in [-0.05, 0) is 63.7 Å². The lowest BCUT2D eigenvalue weighted by Crippen LogP contribution is -2.66. The van der Waals surface area contributed by atoms with E-state index in [4.69, 9.17) is 21.4 Å². The number of carbonyl (C=O) groups excluding carboxylic acids is 1. The van der Waals surface area contributed by atoms with Crippen LogP contribution < -0.4 is 4.90 Å². The largest absolute Gasteiger partial charge is 0.383 e. The van der Waals surface area contributed by atoms with Crippen molar-refractivity contribution in [1.29, 1.82) is 0 Å². The molecule has 4 heterocycles. The Morgan fingerprint density at radius 1 is 1.23 bits per heavy atom. The molecule has 2 aromatic heterocycles. The van der Waals surface area contributed by atoms with Crippen LogP contribution in [-0.2, 0) is 9.53 Å². The molecule has 1 aromatic carbocycles. The number of methoxy groups -OCH3 is 1. The SMILES string of the molecule is C=CC(=O)N1CCC(n2nc(N3CCN(CCOC)CC34CCC4)c(-c3c(Cl)c(C)cc4[nH]ncc34)c2C)CC1. The molecule has 0 unspecified atom stereocenters. The maximum atomic E-state index is 12.2. The number of anilines is 1. The first-order chi connectivity index (χ1) is 19.4. The molecule has 6 rings (SSSR count). The number of H-pyrrole nitrogens is 1. The van der Waals surface area contributed by atoms with E-state index in [-0.39, 0.29) is 17.5 Å². The number of nitrogens with zero attached hydrogens (tertiary/aromatic N) is 6. The number of benzene rings is 1. The van der Waals surface area contributed by atoms with Gasteiger partial charge in [-0.3, -0.25) is 19.5 Å². The Kier molecular flexibility index (Phi) is 7.39. The first kappa shape index (κ1) is 27.3. The number of aromatic nitrogens is 4. The molecule has 214 valence electrons. The number of aromatic amines is 1. The van der Waals surface area contributed by atoms with Crippen molar-refractivity contribution in [2.45, 2.75) is 57.5 Å². The van der Waals surface area contributed by atoms with E-state index in [2.05, 4.69) is 51.2 Å². The van der Waals surface area contributed by atoms with Gasteiger partial charge in [-0.15, -0.1) is 0 Å². The summed E-state index contributed by atoms with van der Waals surface area (Å²) in [6.45, 7) is 13.9. The molecule has 3 fully saturated rings. The first-order valence-corrected chi connectivity index (χ1v) is 14.9. The fourth-order valence-electron chi connectivity index (χ4n) is 7.06. The summed E-state index contributed by atoms with van der Waals surface area (Å²) in [5, 5.41) is 14.7.